The molecule has 24 heavy (non-hydrogen) atoms. The molecule has 3 aromatic heterocycles. The molecule has 0 aromatic carbocycles. The van der Waals surface area contributed by atoms with Gasteiger partial charge in [0, 0.05) is 18.9 Å². The van der Waals surface area contributed by atoms with Crippen molar-refractivity contribution in [3.05, 3.63) is 64.2 Å². The van der Waals surface area contributed by atoms with Crippen LogP contribution >= 0.6 is 0 Å². The molecule has 3 heterocycles. The maximum Gasteiger partial charge on any atom is 0.389 e. The molecule has 1 amide bonds. The largest absolute Gasteiger partial charge is 0.389 e. The molecule has 0 saturated carbocycles. The number of carbonyl (C=O) groups excluding carboxylic acids is 1. The van der Waals surface area contributed by atoms with Crippen LogP contribution in [0.15, 0.2) is 41.3 Å². The van der Waals surface area contributed by atoms with E-state index in [1.165, 1.54) is 16.9 Å². The number of hydrogen-bond acceptors (Lipinski definition) is 8. The topological polar surface area (TPSA) is 142 Å². The molecular formula is C13H11N7O4. The number of amides is 1. The Balaban J connectivity index is 1.60. The highest BCUT2D eigenvalue weighted by Gasteiger charge is 2.17. The molecule has 3 aromatic rings. The summed E-state index contributed by atoms with van der Waals surface area (Å²) < 4.78 is 6.16. The van der Waals surface area contributed by atoms with Gasteiger partial charge in [0.05, 0.1) is 17.4 Å². The number of rotatable bonds is 6. The van der Waals surface area contributed by atoms with Crippen molar-refractivity contribution >= 4 is 11.7 Å². The fourth-order valence-corrected chi connectivity index (χ4v) is 1.85. The lowest BCUT2D eigenvalue weighted by Crippen LogP contribution is -2.23. The van der Waals surface area contributed by atoms with Crippen molar-refractivity contribution < 1.29 is 14.2 Å². The van der Waals surface area contributed by atoms with Crippen LogP contribution in [0.25, 0.3) is 0 Å². The fraction of sp³-hybridized carbons (Fsp3) is 0.154. The Hall–Kier alpha value is -3.63. The minimum absolute atomic E-state index is 0.0506. The van der Waals surface area contributed by atoms with Gasteiger partial charge in [-0.15, -0.1) is 0 Å². The lowest BCUT2D eigenvalue weighted by Gasteiger charge is -2.01. The molecule has 0 aliphatic heterocycles. The summed E-state index contributed by atoms with van der Waals surface area (Å²) in [5, 5.41) is 20.6. The first-order chi connectivity index (χ1) is 11.6. The van der Waals surface area contributed by atoms with Crippen LogP contribution < -0.4 is 5.32 Å². The molecule has 11 nitrogen and oxygen atoms in total. The van der Waals surface area contributed by atoms with E-state index in [2.05, 4.69) is 25.5 Å². The smallest absolute Gasteiger partial charge is 0.358 e. The van der Waals surface area contributed by atoms with E-state index in [0.717, 1.165) is 5.56 Å². The van der Waals surface area contributed by atoms with Gasteiger partial charge in [-0.3, -0.25) is 9.78 Å². The summed E-state index contributed by atoms with van der Waals surface area (Å²) >= 11 is 0. The highest BCUT2D eigenvalue weighted by atomic mass is 16.6. The van der Waals surface area contributed by atoms with Gasteiger partial charge in [0.1, 0.15) is 6.54 Å². The summed E-state index contributed by atoms with van der Waals surface area (Å²) in [7, 11) is 0. The Labute approximate surface area is 134 Å². The molecular weight excluding hydrogens is 318 g/mol. The lowest BCUT2D eigenvalue weighted by molar-refractivity contribution is -0.389. The molecule has 0 aliphatic carbocycles. The van der Waals surface area contributed by atoms with Gasteiger partial charge in [0.15, 0.2) is 5.82 Å². The first-order valence-corrected chi connectivity index (χ1v) is 6.79. The van der Waals surface area contributed by atoms with E-state index < -0.39 is 10.8 Å². The van der Waals surface area contributed by atoms with E-state index in [0.29, 0.717) is 6.54 Å². The first kappa shape index (κ1) is 15.3. The molecule has 0 unspecified atom stereocenters. The van der Waals surface area contributed by atoms with Crippen LogP contribution in [-0.2, 0) is 13.1 Å². The summed E-state index contributed by atoms with van der Waals surface area (Å²) in [6.07, 6.45) is 4.66. The summed E-state index contributed by atoms with van der Waals surface area (Å²) in [4.78, 5) is 29.7. The number of hydrogen-bond donors (Lipinski definition) is 1. The van der Waals surface area contributed by atoms with Gasteiger partial charge < -0.3 is 20.0 Å². The van der Waals surface area contributed by atoms with Gasteiger partial charge in [0.25, 0.3) is 0 Å². The van der Waals surface area contributed by atoms with E-state index in [-0.39, 0.29) is 24.1 Å². The van der Waals surface area contributed by atoms with Crippen molar-refractivity contribution in [3.8, 4) is 0 Å². The zero-order chi connectivity index (χ0) is 16.9. The summed E-state index contributed by atoms with van der Waals surface area (Å²) in [5.41, 5.74) is 0.877. The van der Waals surface area contributed by atoms with Crippen molar-refractivity contribution in [1.82, 2.24) is 30.2 Å². The monoisotopic (exact) mass is 329 g/mol. The number of pyridine rings is 1. The van der Waals surface area contributed by atoms with E-state index in [1.807, 2.05) is 0 Å². The fourth-order valence-electron chi connectivity index (χ4n) is 1.85. The van der Waals surface area contributed by atoms with Gasteiger partial charge in [-0.1, -0.05) is 5.16 Å². The minimum atomic E-state index is -0.606. The third kappa shape index (κ3) is 3.58. The first-order valence-electron chi connectivity index (χ1n) is 6.79. The zero-order valence-corrected chi connectivity index (χ0v) is 12.2. The van der Waals surface area contributed by atoms with Crippen LogP contribution in [0.5, 0.6) is 0 Å². The quantitative estimate of drug-likeness (QED) is 0.510. The Kier molecular flexibility index (Phi) is 4.23. The number of carbonyl (C=O) groups is 1. The van der Waals surface area contributed by atoms with Crippen LogP contribution in [-0.4, -0.2) is 35.7 Å². The highest BCUT2D eigenvalue weighted by molar-refractivity contribution is 5.89. The molecule has 0 radical (unpaired) electrons. The van der Waals surface area contributed by atoms with Gasteiger partial charge in [-0.25, -0.2) is 0 Å². The molecule has 0 saturated heterocycles. The standard InChI is InChI=1S/C13H11N7O4/c21-12(15-7-9-1-4-14-5-2-9)13-16-10(18-24-13)8-19-6-3-11(17-19)20(22)23/h1-6H,7-8H2,(H,15,21). The van der Waals surface area contributed by atoms with E-state index in [1.54, 1.807) is 24.5 Å². The van der Waals surface area contributed by atoms with Gasteiger partial charge in [-0.2, -0.15) is 9.67 Å². The molecule has 0 spiro atoms. The molecule has 122 valence electrons. The molecule has 11 heteroatoms. The summed E-state index contributed by atoms with van der Waals surface area (Å²) in [5.74, 6) is -0.811. The average Bonchev–Trinajstić information content (AvgIpc) is 3.24. The van der Waals surface area contributed by atoms with Crippen molar-refractivity contribution in [2.45, 2.75) is 13.1 Å². The summed E-state index contributed by atoms with van der Waals surface area (Å²) in [6, 6.07) is 4.79. The van der Waals surface area contributed by atoms with Crippen LogP contribution in [0.4, 0.5) is 5.82 Å². The normalized spacial score (nSPS) is 10.5. The van der Waals surface area contributed by atoms with E-state index in [9.17, 15) is 14.9 Å². The molecule has 0 bridgehead atoms. The van der Waals surface area contributed by atoms with Gasteiger partial charge in [0.2, 0.25) is 0 Å². The number of nitrogens with zero attached hydrogens (tertiary/aromatic N) is 6. The second-order valence-corrected chi connectivity index (χ2v) is 4.68. The van der Waals surface area contributed by atoms with Crippen LogP contribution in [0.3, 0.4) is 0 Å². The minimum Gasteiger partial charge on any atom is -0.358 e. The molecule has 0 fully saturated rings. The van der Waals surface area contributed by atoms with Crippen LogP contribution in [0.1, 0.15) is 22.1 Å². The predicted molar refractivity (Wildman–Crippen MR) is 77.7 cm³/mol. The second-order valence-electron chi connectivity index (χ2n) is 4.68. The van der Waals surface area contributed by atoms with Crippen molar-refractivity contribution in [2.75, 3.05) is 0 Å². The molecule has 0 atom stereocenters. The maximum absolute atomic E-state index is 11.9. The van der Waals surface area contributed by atoms with Crippen molar-refractivity contribution in [3.63, 3.8) is 0 Å². The Bertz CT molecular complexity index is 858. The molecule has 1 N–H and O–H groups in total. The highest BCUT2D eigenvalue weighted by Crippen LogP contribution is 2.07. The molecule has 3 rings (SSSR count). The number of aromatic nitrogens is 5. The zero-order valence-electron chi connectivity index (χ0n) is 12.2. The van der Waals surface area contributed by atoms with Crippen LogP contribution in [0.2, 0.25) is 0 Å². The summed E-state index contributed by atoms with van der Waals surface area (Å²) in [6.45, 7) is 0.347. The second kappa shape index (κ2) is 6.64. The SMILES string of the molecule is O=C(NCc1ccncc1)c1nc(Cn2ccc([N+](=O)[O-])n2)no1. The third-order valence-electron chi connectivity index (χ3n) is 2.98. The van der Waals surface area contributed by atoms with Gasteiger partial charge >= 0.3 is 17.6 Å². The van der Waals surface area contributed by atoms with Crippen molar-refractivity contribution in [1.29, 1.82) is 0 Å². The number of nitro groups is 1. The lowest BCUT2D eigenvalue weighted by atomic mass is 10.3. The predicted octanol–water partition coefficient (Wildman–Crippen LogP) is 0.548. The van der Waals surface area contributed by atoms with Crippen molar-refractivity contribution in [2.24, 2.45) is 0 Å². The van der Waals surface area contributed by atoms with Crippen LogP contribution in [0, 0.1) is 10.1 Å². The molecule has 0 aliphatic rings. The third-order valence-corrected chi connectivity index (χ3v) is 2.98. The van der Waals surface area contributed by atoms with Gasteiger partial charge in [-0.05, 0) is 22.6 Å². The Morgan fingerprint density at radius 2 is 2.12 bits per heavy atom. The number of nitrogens with one attached hydrogen (secondary N) is 1. The average molecular weight is 329 g/mol. The maximum atomic E-state index is 11.9. The Morgan fingerprint density at radius 3 is 2.83 bits per heavy atom. The van der Waals surface area contributed by atoms with E-state index in [4.69, 9.17) is 4.52 Å². The van der Waals surface area contributed by atoms with E-state index >= 15 is 0 Å². The Morgan fingerprint density at radius 1 is 1.33 bits per heavy atom.